The van der Waals surface area contributed by atoms with Crippen LogP contribution in [0.4, 0.5) is 10.1 Å². The van der Waals surface area contributed by atoms with Crippen molar-refractivity contribution in [2.75, 3.05) is 31.1 Å². The van der Waals surface area contributed by atoms with E-state index in [1.807, 2.05) is 9.88 Å². The Kier molecular flexibility index (Phi) is 3.60. The van der Waals surface area contributed by atoms with E-state index in [0.717, 1.165) is 30.3 Å². The lowest BCUT2D eigenvalue weighted by atomic mass is 10.2. The molecule has 0 bridgehead atoms. The van der Waals surface area contributed by atoms with Crippen molar-refractivity contribution in [2.45, 2.75) is 18.9 Å². The van der Waals surface area contributed by atoms with Gasteiger partial charge >= 0.3 is 11.7 Å². The number of hydrogen-bond donors (Lipinski definition) is 3. The number of carboxylic acids is 1. The molecule has 1 aliphatic heterocycles. The van der Waals surface area contributed by atoms with Crippen LogP contribution in [0, 0.1) is 5.82 Å². The fraction of sp³-hybridized carbons (Fsp3) is 0.389. The zero-order valence-electron chi connectivity index (χ0n) is 14.9. The summed E-state index contributed by atoms with van der Waals surface area (Å²) in [6.45, 7) is 2.76. The van der Waals surface area contributed by atoms with Gasteiger partial charge in [0.1, 0.15) is 11.5 Å². The Morgan fingerprint density at radius 3 is 2.50 bits per heavy atom. The second-order valence-electron chi connectivity index (χ2n) is 7.23. The smallest absolute Gasteiger partial charge is 0.345 e. The quantitative estimate of drug-likeness (QED) is 0.604. The van der Waals surface area contributed by atoms with E-state index in [-0.39, 0.29) is 17.2 Å². The summed E-state index contributed by atoms with van der Waals surface area (Å²) in [7, 11) is 0. The standard InChI is InChI=1S/C18H18FN5O4/c19-10-7-12-13(8-11(10)22-5-3-20-4-6-22)23(9-1-2-9)16-14(17(26)27)15(25)21-18(28)24(12)16/h7-9,20H,1-6H2,(H,26,27)(H,21,25,28). The Morgan fingerprint density at radius 2 is 1.86 bits per heavy atom. The molecule has 0 amide bonds. The summed E-state index contributed by atoms with van der Waals surface area (Å²) in [5.74, 6) is -1.91. The largest absolute Gasteiger partial charge is 0.477 e. The average molecular weight is 387 g/mol. The summed E-state index contributed by atoms with van der Waals surface area (Å²) >= 11 is 0. The third-order valence-corrected chi connectivity index (χ3v) is 5.44. The van der Waals surface area contributed by atoms with E-state index in [9.17, 15) is 23.9 Å². The maximum atomic E-state index is 15.0. The number of rotatable bonds is 3. The first kappa shape index (κ1) is 17.0. The molecule has 0 atom stereocenters. The molecule has 2 fully saturated rings. The zero-order valence-corrected chi connectivity index (χ0v) is 14.9. The van der Waals surface area contributed by atoms with Gasteiger partial charge in [-0.1, -0.05) is 0 Å². The molecule has 28 heavy (non-hydrogen) atoms. The highest BCUT2D eigenvalue weighted by Crippen LogP contribution is 2.41. The van der Waals surface area contributed by atoms with Crippen molar-refractivity contribution in [1.82, 2.24) is 19.3 Å². The third-order valence-electron chi connectivity index (χ3n) is 5.44. The summed E-state index contributed by atoms with van der Waals surface area (Å²) in [5, 5.41) is 12.8. The van der Waals surface area contributed by atoms with E-state index in [2.05, 4.69) is 5.32 Å². The second-order valence-corrected chi connectivity index (χ2v) is 7.23. The third kappa shape index (κ3) is 2.37. The van der Waals surface area contributed by atoms with Crippen molar-refractivity contribution in [2.24, 2.45) is 0 Å². The van der Waals surface area contributed by atoms with Crippen LogP contribution in [0.1, 0.15) is 29.2 Å². The molecule has 1 saturated carbocycles. The Morgan fingerprint density at radius 1 is 1.14 bits per heavy atom. The molecule has 3 heterocycles. The van der Waals surface area contributed by atoms with Gasteiger partial charge in [-0.15, -0.1) is 0 Å². The molecule has 146 valence electrons. The molecule has 5 rings (SSSR count). The number of anilines is 1. The number of hydrogen-bond acceptors (Lipinski definition) is 5. The Bertz CT molecular complexity index is 1250. The van der Waals surface area contributed by atoms with Crippen molar-refractivity contribution in [1.29, 1.82) is 0 Å². The van der Waals surface area contributed by atoms with Gasteiger partial charge in [0.25, 0.3) is 5.56 Å². The molecule has 2 aliphatic rings. The van der Waals surface area contributed by atoms with Crippen LogP contribution in [0.2, 0.25) is 0 Å². The molecule has 3 aromatic rings. The van der Waals surface area contributed by atoms with Gasteiger partial charge in [-0.2, -0.15) is 0 Å². The molecule has 0 unspecified atom stereocenters. The molecule has 9 nitrogen and oxygen atoms in total. The molecule has 1 aromatic carbocycles. The fourth-order valence-electron chi connectivity index (χ4n) is 4.05. The van der Waals surface area contributed by atoms with Crippen LogP contribution in [-0.4, -0.2) is 51.2 Å². The molecular weight excluding hydrogens is 369 g/mol. The van der Waals surface area contributed by atoms with Crippen LogP contribution >= 0.6 is 0 Å². The number of H-pyrrole nitrogens is 1. The van der Waals surface area contributed by atoms with Gasteiger partial charge in [0.2, 0.25) is 0 Å². The van der Waals surface area contributed by atoms with E-state index >= 15 is 0 Å². The lowest BCUT2D eigenvalue weighted by molar-refractivity contribution is 0.0696. The minimum Gasteiger partial charge on any atom is -0.477 e. The monoisotopic (exact) mass is 387 g/mol. The maximum absolute atomic E-state index is 15.0. The van der Waals surface area contributed by atoms with E-state index in [1.165, 1.54) is 6.07 Å². The summed E-state index contributed by atoms with van der Waals surface area (Å²) in [6.07, 6.45) is 1.61. The normalized spacial score (nSPS) is 17.5. The number of aromatic nitrogens is 3. The summed E-state index contributed by atoms with van der Waals surface area (Å²) in [4.78, 5) is 40.4. The molecule has 1 saturated heterocycles. The van der Waals surface area contributed by atoms with Crippen molar-refractivity contribution in [3.8, 4) is 0 Å². The first-order valence-corrected chi connectivity index (χ1v) is 9.19. The van der Waals surface area contributed by atoms with Crippen LogP contribution in [0.15, 0.2) is 21.7 Å². The van der Waals surface area contributed by atoms with Crippen molar-refractivity contribution < 1.29 is 14.3 Å². The Balaban J connectivity index is 1.91. The second kappa shape index (κ2) is 5.93. The number of carbonyl (C=O) groups is 1. The number of halogens is 1. The minimum absolute atomic E-state index is 0.00982. The van der Waals surface area contributed by atoms with Crippen molar-refractivity contribution in [3.05, 3.63) is 44.4 Å². The lowest BCUT2D eigenvalue weighted by Gasteiger charge is -2.29. The minimum atomic E-state index is -1.42. The fourth-order valence-corrected chi connectivity index (χ4v) is 4.05. The van der Waals surface area contributed by atoms with Gasteiger partial charge in [-0.3, -0.25) is 9.78 Å². The molecule has 10 heteroatoms. The predicted octanol–water partition coefficient (Wildman–Crippen LogP) is 0.524. The number of nitrogens with zero attached hydrogens (tertiary/aromatic N) is 3. The molecular formula is C18H18FN5O4. The summed E-state index contributed by atoms with van der Waals surface area (Å²) < 4.78 is 17.8. The number of nitrogens with one attached hydrogen (secondary N) is 2. The number of piperazine rings is 1. The van der Waals surface area contributed by atoms with E-state index in [4.69, 9.17) is 0 Å². The van der Waals surface area contributed by atoms with Gasteiger partial charge in [-0.05, 0) is 18.9 Å². The average Bonchev–Trinajstić information content (AvgIpc) is 3.43. The summed E-state index contributed by atoms with van der Waals surface area (Å²) in [6, 6.07) is 2.90. The van der Waals surface area contributed by atoms with Gasteiger partial charge in [-0.25, -0.2) is 18.4 Å². The number of aromatic carboxylic acids is 1. The zero-order chi connectivity index (χ0) is 19.6. The number of fused-ring (bicyclic) bond motifs is 3. The van der Waals surface area contributed by atoms with Gasteiger partial charge in [0, 0.05) is 38.3 Å². The highest BCUT2D eigenvalue weighted by atomic mass is 19.1. The van der Waals surface area contributed by atoms with Crippen molar-refractivity contribution in [3.63, 3.8) is 0 Å². The van der Waals surface area contributed by atoms with Crippen molar-refractivity contribution >= 4 is 28.3 Å². The topological polar surface area (TPSA) is 112 Å². The molecule has 2 aromatic heterocycles. The molecule has 0 spiro atoms. The Labute approximate surface area is 157 Å². The van der Waals surface area contributed by atoms with Crippen LogP contribution in [-0.2, 0) is 0 Å². The van der Waals surface area contributed by atoms with E-state index in [1.54, 1.807) is 10.6 Å². The van der Waals surface area contributed by atoms with Gasteiger partial charge in [0.15, 0.2) is 5.56 Å². The van der Waals surface area contributed by atoms with E-state index in [0.29, 0.717) is 24.3 Å². The number of imidazole rings is 1. The number of carboxylic acid groups (broad SMARTS) is 1. The van der Waals surface area contributed by atoms with Crippen LogP contribution < -0.4 is 21.5 Å². The predicted molar refractivity (Wildman–Crippen MR) is 100 cm³/mol. The summed E-state index contributed by atoms with van der Waals surface area (Å²) in [5.41, 5.74) is -1.01. The first-order chi connectivity index (χ1) is 13.5. The maximum Gasteiger partial charge on any atom is 0.345 e. The highest BCUT2D eigenvalue weighted by molar-refractivity contribution is 5.97. The SMILES string of the molecule is O=C(O)c1c(=O)[nH]c(=O)n2c3cc(F)c(N4CCNCC4)cc3n(C3CC3)c12. The van der Waals surface area contributed by atoms with Crippen LogP contribution in [0.25, 0.3) is 16.7 Å². The lowest BCUT2D eigenvalue weighted by Crippen LogP contribution is -2.43. The molecule has 1 aliphatic carbocycles. The highest BCUT2D eigenvalue weighted by Gasteiger charge is 2.32. The van der Waals surface area contributed by atoms with Gasteiger partial charge in [0.05, 0.1) is 16.7 Å². The molecule has 3 N–H and O–H groups in total. The van der Waals surface area contributed by atoms with Gasteiger partial charge < -0.3 is 19.9 Å². The van der Waals surface area contributed by atoms with Crippen LogP contribution in [0.3, 0.4) is 0 Å². The number of benzene rings is 1. The first-order valence-electron chi connectivity index (χ1n) is 9.19. The van der Waals surface area contributed by atoms with Crippen LogP contribution in [0.5, 0.6) is 0 Å². The van der Waals surface area contributed by atoms with E-state index < -0.39 is 28.6 Å². The number of aromatic amines is 1. The molecule has 0 radical (unpaired) electrons. The Hall–Kier alpha value is -3.14.